The van der Waals surface area contributed by atoms with Gasteiger partial charge >= 0.3 is 5.97 Å². The number of Topliss-reactive ketones (excluding diaryl/α,β-unsaturated/α-hetero) is 1. The Morgan fingerprint density at radius 3 is 2.73 bits per heavy atom. The van der Waals surface area contributed by atoms with Gasteiger partial charge in [0.05, 0.1) is 18.1 Å². The van der Waals surface area contributed by atoms with E-state index in [1.807, 2.05) is 6.07 Å². The molecular formula is C11H13NO3. The lowest BCUT2D eigenvalue weighted by atomic mass is 9.97. The number of nitriles is 1. The van der Waals surface area contributed by atoms with E-state index in [-0.39, 0.29) is 23.7 Å². The van der Waals surface area contributed by atoms with Gasteiger partial charge in [-0.3, -0.25) is 9.59 Å². The van der Waals surface area contributed by atoms with Crippen molar-refractivity contribution in [1.82, 2.24) is 0 Å². The molecule has 0 aromatic rings. The predicted molar refractivity (Wildman–Crippen MR) is 50.5 cm³/mol. The van der Waals surface area contributed by atoms with Crippen molar-refractivity contribution >= 4 is 11.8 Å². The molecule has 0 aliphatic heterocycles. The van der Waals surface area contributed by atoms with Gasteiger partial charge in [-0.2, -0.15) is 5.26 Å². The predicted octanol–water partition coefficient (Wildman–Crippen LogP) is 1.06. The molecule has 0 saturated heterocycles. The number of ether oxygens (including phenoxy) is 1. The molecule has 80 valence electrons. The third kappa shape index (κ3) is 1.19. The van der Waals surface area contributed by atoms with Gasteiger partial charge in [0.15, 0.2) is 5.41 Å². The summed E-state index contributed by atoms with van der Waals surface area (Å²) in [6.45, 7) is 3.48. The van der Waals surface area contributed by atoms with Gasteiger partial charge in [0.1, 0.15) is 5.78 Å². The molecule has 0 bridgehead atoms. The quantitative estimate of drug-likeness (QED) is 0.635. The first-order valence-electron chi connectivity index (χ1n) is 5.19. The van der Waals surface area contributed by atoms with Gasteiger partial charge < -0.3 is 4.74 Å². The summed E-state index contributed by atoms with van der Waals surface area (Å²) in [5, 5.41) is 9.06. The van der Waals surface area contributed by atoms with Crippen LogP contribution in [0.15, 0.2) is 0 Å². The van der Waals surface area contributed by atoms with Gasteiger partial charge in [-0.25, -0.2) is 0 Å². The van der Waals surface area contributed by atoms with Gasteiger partial charge in [0.25, 0.3) is 0 Å². The highest BCUT2D eigenvalue weighted by molar-refractivity contribution is 5.99. The number of ketones is 1. The van der Waals surface area contributed by atoms with Crippen LogP contribution in [0.2, 0.25) is 0 Å². The van der Waals surface area contributed by atoms with Gasteiger partial charge in [0, 0.05) is 12.3 Å². The van der Waals surface area contributed by atoms with Gasteiger partial charge in [-0.05, 0) is 20.3 Å². The maximum absolute atomic E-state index is 11.7. The van der Waals surface area contributed by atoms with E-state index in [2.05, 4.69) is 0 Å². The highest BCUT2D eigenvalue weighted by Gasteiger charge is 2.76. The first kappa shape index (κ1) is 10.2. The third-order valence-electron chi connectivity index (χ3n) is 3.28. The van der Waals surface area contributed by atoms with Crippen LogP contribution in [0.3, 0.4) is 0 Å². The first-order chi connectivity index (χ1) is 7.04. The van der Waals surface area contributed by atoms with Gasteiger partial charge in [-0.15, -0.1) is 0 Å². The Hall–Kier alpha value is -1.37. The average molecular weight is 207 g/mol. The standard InChI is InChI=1S/C11H13NO3/c1-6(2)15-10(14)11(5-12)7-3-4-8(13)9(7)11/h6-7,9H,3-4H2,1-2H3/t7-,9-,11+/m0/s1. The van der Waals surface area contributed by atoms with Crippen LogP contribution in [0.1, 0.15) is 26.7 Å². The average Bonchev–Trinajstić information content (AvgIpc) is 2.68. The lowest BCUT2D eigenvalue weighted by Gasteiger charge is -2.13. The van der Waals surface area contributed by atoms with Crippen molar-refractivity contribution in [1.29, 1.82) is 5.26 Å². The molecule has 4 nitrogen and oxygen atoms in total. The van der Waals surface area contributed by atoms with Crippen LogP contribution < -0.4 is 0 Å². The molecule has 0 N–H and O–H groups in total. The first-order valence-corrected chi connectivity index (χ1v) is 5.19. The van der Waals surface area contributed by atoms with E-state index in [4.69, 9.17) is 10.00 Å². The van der Waals surface area contributed by atoms with E-state index in [0.29, 0.717) is 12.8 Å². The fourth-order valence-electron chi connectivity index (χ4n) is 2.57. The Labute approximate surface area is 88.2 Å². The van der Waals surface area contributed by atoms with E-state index in [0.717, 1.165) is 0 Å². The largest absolute Gasteiger partial charge is 0.462 e. The molecule has 2 fully saturated rings. The second-order valence-corrected chi connectivity index (χ2v) is 4.52. The summed E-state index contributed by atoms with van der Waals surface area (Å²) in [6, 6.07) is 1.99. The van der Waals surface area contributed by atoms with Crippen molar-refractivity contribution in [3.63, 3.8) is 0 Å². The molecule has 15 heavy (non-hydrogen) atoms. The monoisotopic (exact) mass is 207 g/mol. The molecular weight excluding hydrogens is 194 g/mol. The van der Waals surface area contributed by atoms with Crippen molar-refractivity contribution in [3.05, 3.63) is 0 Å². The Balaban J connectivity index is 2.18. The van der Waals surface area contributed by atoms with E-state index >= 15 is 0 Å². The topological polar surface area (TPSA) is 67.2 Å². The van der Waals surface area contributed by atoms with Crippen LogP contribution in [0, 0.1) is 28.6 Å². The molecule has 0 spiro atoms. The zero-order valence-electron chi connectivity index (χ0n) is 8.82. The van der Waals surface area contributed by atoms with Crippen molar-refractivity contribution < 1.29 is 14.3 Å². The second kappa shape index (κ2) is 3.06. The molecule has 2 aliphatic rings. The molecule has 0 heterocycles. The fourth-order valence-corrected chi connectivity index (χ4v) is 2.57. The summed E-state index contributed by atoms with van der Waals surface area (Å²) >= 11 is 0. The molecule has 2 rings (SSSR count). The number of nitrogens with zero attached hydrogens (tertiary/aromatic N) is 1. The SMILES string of the molecule is CC(C)OC(=O)[C@@]1(C#N)[C@@H]2C(=O)CC[C@@H]21. The smallest absolute Gasteiger partial charge is 0.327 e. The molecule has 4 heteroatoms. The van der Waals surface area contributed by atoms with Crippen LogP contribution in [0.25, 0.3) is 0 Å². The minimum Gasteiger partial charge on any atom is -0.462 e. The van der Waals surface area contributed by atoms with E-state index in [1.54, 1.807) is 13.8 Å². The molecule has 0 aromatic heterocycles. The molecule has 3 atom stereocenters. The van der Waals surface area contributed by atoms with Crippen molar-refractivity contribution in [3.8, 4) is 6.07 Å². The van der Waals surface area contributed by atoms with Gasteiger partial charge in [0.2, 0.25) is 0 Å². The minimum atomic E-state index is -1.14. The van der Waals surface area contributed by atoms with Crippen LogP contribution >= 0.6 is 0 Å². The molecule has 0 unspecified atom stereocenters. The maximum atomic E-state index is 11.7. The molecule has 0 aromatic carbocycles. The van der Waals surface area contributed by atoms with Crippen molar-refractivity contribution in [2.24, 2.45) is 17.3 Å². The van der Waals surface area contributed by atoms with E-state index < -0.39 is 11.4 Å². The second-order valence-electron chi connectivity index (χ2n) is 4.52. The number of fused-ring (bicyclic) bond motifs is 1. The molecule has 2 saturated carbocycles. The Morgan fingerprint density at radius 2 is 2.33 bits per heavy atom. The minimum absolute atomic E-state index is 0.0438. The van der Waals surface area contributed by atoms with E-state index in [1.165, 1.54) is 0 Å². The van der Waals surface area contributed by atoms with Crippen LogP contribution in [0.4, 0.5) is 0 Å². The number of esters is 1. The van der Waals surface area contributed by atoms with Crippen LogP contribution in [-0.2, 0) is 14.3 Å². The molecule has 2 aliphatic carbocycles. The lowest BCUT2D eigenvalue weighted by molar-refractivity contribution is -0.154. The van der Waals surface area contributed by atoms with E-state index in [9.17, 15) is 9.59 Å². The van der Waals surface area contributed by atoms with Crippen LogP contribution in [0.5, 0.6) is 0 Å². The number of rotatable bonds is 2. The zero-order chi connectivity index (χ0) is 11.2. The van der Waals surface area contributed by atoms with Crippen LogP contribution in [-0.4, -0.2) is 17.9 Å². The van der Waals surface area contributed by atoms with Crippen molar-refractivity contribution in [2.45, 2.75) is 32.8 Å². The number of hydrogen-bond donors (Lipinski definition) is 0. The molecule has 0 radical (unpaired) electrons. The number of carbonyl (C=O) groups is 2. The summed E-state index contributed by atoms with van der Waals surface area (Å²) in [5.74, 6) is -0.930. The summed E-state index contributed by atoms with van der Waals surface area (Å²) in [6.07, 6.45) is 0.928. The molecule has 0 amide bonds. The third-order valence-corrected chi connectivity index (χ3v) is 3.28. The summed E-state index contributed by atoms with van der Waals surface area (Å²) in [7, 11) is 0. The Kier molecular flexibility index (Phi) is 2.07. The van der Waals surface area contributed by atoms with Gasteiger partial charge in [-0.1, -0.05) is 0 Å². The summed E-state index contributed by atoms with van der Waals surface area (Å²) < 4.78 is 5.04. The number of carbonyl (C=O) groups excluding carboxylic acids is 2. The maximum Gasteiger partial charge on any atom is 0.327 e. The fraction of sp³-hybridized carbons (Fsp3) is 0.727. The Morgan fingerprint density at radius 1 is 1.67 bits per heavy atom. The number of hydrogen-bond acceptors (Lipinski definition) is 4. The summed E-state index contributed by atoms with van der Waals surface area (Å²) in [5.41, 5.74) is -1.14. The highest BCUT2D eigenvalue weighted by Crippen LogP contribution is 2.65. The summed E-state index contributed by atoms with van der Waals surface area (Å²) in [4.78, 5) is 23.2. The Bertz CT molecular complexity index is 369. The lowest BCUT2D eigenvalue weighted by Crippen LogP contribution is -2.27. The van der Waals surface area contributed by atoms with Crippen molar-refractivity contribution in [2.75, 3.05) is 0 Å². The highest BCUT2D eigenvalue weighted by atomic mass is 16.5. The normalized spacial score (nSPS) is 37.3. The zero-order valence-corrected chi connectivity index (χ0v) is 8.82.